The Bertz CT molecular complexity index is 708. The van der Waals surface area contributed by atoms with Crippen LogP contribution in [-0.4, -0.2) is 18.0 Å². The zero-order valence-electron chi connectivity index (χ0n) is 14.2. The topological polar surface area (TPSA) is 60.5 Å². The normalized spacial score (nSPS) is 9.96. The Morgan fingerprint density at radius 2 is 1.88 bits per heavy atom. The fourth-order valence-corrected chi connectivity index (χ4v) is 2.08. The first kappa shape index (κ1) is 17.5. The number of nitrogens with zero attached hydrogens (tertiary/aromatic N) is 1. The molecule has 0 aliphatic heterocycles. The van der Waals surface area contributed by atoms with Crippen LogP contribution in [0.4, 0.5) is 0 Å². The van der Waals surface area contributed by atoms with E-state index in [2.05, 4.69) is 10.3 Å². The van der Waals surface area contributed by atoms with E-state index in [1.807, 2.05) is 44.2 Å². The fourth-order valence-electron chi connectivity index (χ4n) is 2.08. The molecule has 2 aromatic rings. The largest absolute Gasteiger partial charge is 0.493 e. The summed E-state index contributed by atoms with van der Waals surface area (Å²) in [5, 5.41) is 2.84. The van der Waals surface area contributed by atoms with E-state index in [0.717, 1.165) is 16.7 Å². The molecule has 1 N–H and O–H groups in total. The Balaban J connectivity index is 1.99. The van der Waals surface area contributed by atoms with Crippen LogP contribution in [0.25, 0.3) is 0 Å². The lowest BCUT2D eigenvalue weighted by Gasteiger charge is -2.12. The molecule has 1 aromatic heterocycles. The number of nitrogens with one attached hydrogen (secondary N) is 1. The summed E-state index contributed by atoms with van der Waals surface area (Å²) in [6, 6.07) is 9.43. The summed E-state index contributed by atoms with van der Waals surface area (Å²) in [5.41, 5.74) is 2.94. The molecule has 5 heteroatoms. The maximum Gasteiger partial charge on any atom is 0.244 e. The summed E-state index contributed by atoms with van der Waals surface area (Å²) in [6.45, 7) is 4.65. The number of allylic oxidation sites excluding steroid dienone is 1. The van der Waals surface area contributed by atoms with Crippen LogP contribution in [0, 0.1) is 0 Å². The fraction of sp³-hybridized carbons (Fsp3) is 0.263. The highest BCUT2D eigenvalue weighted by Gasteiger charge is 2.07. The van der Waals surface area contributed by atoms with Crippen LogP contribution in [0.1, 0.15) is 25.0 Å². The molecule has 0 saturated carbocycles. The Kier molecular flexibility index (Phi) is 6.37. The van der Waals surface area contributed by atoms with Crippen molar-refractivity contribution in [3.8, 4) is 11.5 Å². The lowest BCUT2D eigenvalue weighted by Crippen LogP contribution is -2.20. The Labute approximate surface area is 142 Å². The van der Waals surface area contributed by atoms with Crippen molar-refractivity contribution in [3.63, 3.8) is 0 Å². The van der Waals surface area contributed by atoms with E-state index in [1.54, 1.807) is 25.6 Å². The van der Waals surface area contributed by atoms with E-state index >= 15 is 0 Å². The molecule has 126 valence electrons. The summed E-state index contributed by atoms with van der Waals surface area (Å²) in [6.07, 6.45) is 5.03. The van der Waals surface area contributed by atoms with Crippen molar-refractivity contribution in [1.82, 2.24) is 10.3 Å². The molecule has 0 spiro atoms. The monoisotopic (exact) mass is 326 g/mol. The van der Waals surface area contributed by atoms with Crippen molar-refractivity contribution < 1.29 is 14.3 Å². The molecule has 24 heavy (non-hydrogen) atoms. The van der Waals surface area contributed by atoms with Crippen LogP contribution in [0.5, 0.6) is 11.5 Å². The number of pyridine rings is 1. The number of benzene rings is 1. The molecule has 0 radical (unpaired) electrons. The highest BCUT2D eigenvalue weighted by Crippen LogP contribution is 2.28. The Morgan fingerprint density at radius 1 is 1.12 bits per heavy atom. The second-order valence-corrected chi connectivity index (χ2v) is 5.57. The Morgan fingerprint density at radius 3 is 2.54 bits per heavy atom. The van der Waals surface area contributed by atoms with Crippen LogP contribution in [-0.2, 0) is 17.9 Å². The van der Waals surface area contributed by atoms with Crippen LogP contribution in [0.15, 0.2) is 54.4 Å². The number of aromatic nitrogens is 1. The quantitative estimate of drug-likeness (QED) is 0.794. The number of carbonyl (C=O) groups excluding carboxylic acids is 1. The molecule has 0 aliphatic rings. The van der Waals surface area contributed by atoms with Crippen molar-refractivity contribution in [2.75, 3.05) is 7.11 Å². The van der Waals surface area contributed by atoms with E-state index < -0.39 is 0 Å². The second kappa shape index (κ2) is 8.72. The lowest BCUT2D eigenvalue weighted by atomic mass is 10.2. The van der Waals surface area contributed by atoms with Gasteiger partial charge in [-0.25, -0.2) is 0 Å². The maximum absolute atomic E-state index is 11.7. The van der Waals surface area contributed by atoms with Crippen LogP contribution < -0.4 is 14.8 Å². The van der Waals surface area contributed by atoms with Gasteiger partial charge in [0.2, 0.25) is 5.91 Å². The molecule has 0 bridgehead atoms. The third-order valence-electron chi connectivity index (χ3n) is 3.26. The highest BCUT2D eigenvalue weighted by molar-refractivity contribution is 5.87. The minimum absolute atomic E-state index is 0.105. The smallest absolute Gasteiger partial charge is 0.244 e. The van der Waals surface area contributed by atoms with E-state index in [9.17, 15) is 4.79 Å². The first-order valence-corrected chi connectivity index (χ1v) is 7.70. The molecule has 0 atom stereocenters. The van der Waals surface area contributed by atoms with Gasteiger partial charge in [-0.3, -0.25) is 9.78 Å². The average molecular weight is 326 g/mol. The average Bonchev–Trinajstić information content (AvgIpc) is 2.58. The molecule has 0 aliphatic carbocycles. The van der Waals surface area contributed by atoms with E-state index in [-0.39, 0.29) is 5.91 Å². The van der Waals surface area contributed by atoms with E-state index in [4.69, 9.17) is 9.47 Å². The number of amides is 1. The molecular formula is C19H22N2O3. The van der Waals surface area contributed by atoms with Gasteiger partial charge in [-0.05, 0) is 49.2 Å². The first-order chi connectivity index (χ1) is 11.6. The lowest BCUT2D eigenvalue weighted by molar-refractivity contribution is -0.116. The summed E-state index contributed by atoms with van der Waals surface area (Å²) in [7, 11) is 1.60. The van der Waals surface area contributed by atoms with Gasteiger partial charge in [0, 0.05) is 25.0 Å². The summed E-state index contributed by atoms with van der Waals surface area (Å²) in [4.78, 5) is 15.6. The number of hydrogen-bond donors (Lipinski definition) is 1. The molecule has 0 unspecified atom stereocenters. The molecule has 1 heterocycles. The van der Waals surface area contributed by atoms with Gasteiger partial charge in [0.15, 0.2) is 11.5 Å². The minimum Gasteiger partial charge on any atom is -0.493 e. The van der Waals surface area contributed by atoms with Gasteiger partial charge >= 0.3 is 0 Å². The van der Waals surface area contributed by atoms with Crippen molar-refractivity contribution in [1.29, 1.82) is 0 Å². The van der Waals surface area contributed by atoms with E-state index in [1.165, 1.54) is 0 Å². The number of hydrogen-bond acceptors (Lipinski definition) is 4. The highest BCUT2D eigenvalue weighted by atomic mass is 16.5. The summed E-state index contributed by atoms with van der Waals surface area (Å²) in [5.74, 6) is 1.19. The number of ether oxygens (including phenoxy) is 2. The van der Waals surface area contributed by atoms with Gasteiger partial charge < -0.3 is 14.8 Å². The molecule has 0 fully saturated rings. The number of rotatable bonds is 7. The zero-order chi connectivity index (χ0) is 17.4. The van der Waals surface area contributed by atoms with Crippen LogP contribution in [0.2, 0.25) is 0 Å². The molecule has 0 saturated heterocycles. The number of methoxy groups -OCH3 is 1. The Hall–Kier alpha value is -2.82. The third-order valence-corrected chi connectivity index (χ3v) is 3.26. The van der Waals surface area contributed by atoms with Gasteiger partial charge in [0.25, 0.3) is 0 Å². The minimum atomic E-state index is -0.105. The van der Waals surface area contributed by atoms with Crippen molar-refractivity contribution in [2.24, 2.45) is 0 Å². The van der Waals surface area contributed by atoms with Crippen LogP contribution in [0.3, 0.4) is 0 Å². The predicted molar refractivity (Wildman–Crippen MR) is 92.8 cm³/mol. The molecule has 1 aromatic carbocycles. The van der Waals surface area contributed by atoms with Gasteiger partial charge in [-0.1, -0.05) is 11.6 Å². The molecular weight excluding hydrogens is 304 g/mol. The van der Waals surface area contributed by atoms with E-state index in [0.29, 0.717) is 24.7 Å². The molecule has 5 nitrogen and oxygen atoms in total. The zero-order valence-corrected chi connectivity index (χ0v) is 14.2. The van der Waals surface area contributed by atoms with Crippen molar-refractivity contribution in [2.45, 2.75) is 27.0 Å². The molecule has 1 amide bonds. The van der Waals surface area contributed by atoms with Crippen LogP contribution >= 0.6 is 0 Å². The van der Waals surface area contributed by atoms with Crippen molar-refractivity contribution in [3.05, 3.63) is 65.5 Å². The number of carbonyl (C=O) groups is 1. The standard InChI is InChI=1S/C19H22N2O3/c1-14(2)10-19(22)21-12-16-4-5-17(18(11-16)23-3)24-13-15-6-8-20-9-7-15/h4-11H,12-13H2,1-3H3,(H,21,22). The maximum atomic E-state index is 11.7. The van der Waals surface area contributed by atoms with Gasteiger partial charge in [0.1, 0.15) is 6.61 Å². The third kappa shape index (κ3) is 5.43. The predicted octanol–water partition coefficient (Wildman–Crippen LogP) is 3.25. The SMILES string of the molecule is COc1cc(CNC(=O)C=C(C)C)ccc1OCc1ccncc1. The second-order valence-electron chi connectivity index (χ2n) is 5.57. The summed E-state index contributed by atoms with van der Waals surface area (Å²) >= 11 is 0. The van der Waals surface area contributed by atoms with Gasteiger partial charge in [-0.15, -0.1) is 0 Å². The first-order valence-electron chi connectivity index (χ1n) is 7.70. The van der Waals surface area contributed by atoms with Crippen molar-refractivity contribution >= 4 is 5.91 Å². The van der Waals surface area contributed by atoms with Gasteiger partial charge in [0.05, 0.1) is 7.11 Å². The van der Waals surface area contributed by atoms with Gasteiger partial charge in [-0.2, -0.15) is 0 Å². The molecule has 2 rings (SSSR count). The summed E-state index contributed by atoms with van der Waals surface area (Å²) < 4.78 is 11.2.